The lowest BCUT2D eigenvalue weighted by Gasteiger charge is -2.12. The number of aldehydes is 1. The van der Waals surface area contributed by atoms with E-state index in [0.717, 1.165) is 40.0 Å². The minimum Gasteiger partial charge on any atom is -0.487 e. The van der Waals surface area contributed by atoms with Gasteiger partial charge < -0.3 is 24.6 Å². The molecule has 2 N–H and O–H groups in total. The van der Waals surface area contributed by atoms with Crippen LogP contribution in [0.4, 0.5) is 15.9 Å². The molecule has 0 fully saturated rings. The molecule has 0 saturated heterocycles. The van der Waals surface area contributed by atoms with Gasteiger partial charge in [0.1, 0.15) is 48.1 Å². The number of halogens is 2. The highest BCUT2D eigenvalue weighted by atomic mass is 35.5. The molecule has 0 aliphatic rings. The van der Waals surface area contributed by atoms with Gasteiger partial charge in [0.15, 0.2) is 0 Å². The molecule has 7 nitrogen and oxygen atoms in total. The van der Waals surface area contributed by atoms with Gasteiger partial charge in [-0.2, -0.15) is 0 Å². The summed E-state index contributed by atoms with van der Waals surface area (Å²) in [5.74, 6) is 2.29. The molecule has 0 amide bonds. The topological polar surface area (TPSA) is 89.3 Å². The summed E-state index contributed by atoms with van der Waals surface area (Å²) in [6.07, 6.45) is 2.84. The first-order chi connectivity index (χ1) is 18.6. The number of aromatic nitrogens is 2. The van der Waals surface area contributed by atoms with Crippen molar-refractivity contribution in [3.8, 4) is 17.1 Å². The third kappa shape index (κ3) is 6.16. The molecule has 0 radical (unpaired) electrons. The van der Waals surface area contributed by atoms with E-state index < -0.39 is 0 Å². The van der Waals surface area contributed by atoms with Gasteiger partial charge >= 0.3 is 0 Å². The molecular weight excluding hydrogens is 507 g/mol. The molecule has 192 valence electrons. The van der Waals surface area contributed by atoms with Gasteiger partial charge in [-0.25, -0.2) is 14.4 Å². The van der Waals surface area contributed by atoms with Crippen LogP contribution >= 0.6 is 11.6 Å². The maximum Gasteiger partial charge on any atom is 0.141 e. The molecule has 5 rings (SSSR count). The number of carbonyl (C=O) groups excluding carboxylic acids is 1. The predicted octanol–water partition coefficient (Wildman–Crippen LogP) is 6.68. The Labute approximate surface area is 223 Å². The van der Waals surface area contributed by atoms with Crippen LogP contribution in [0, 0.1) is 5.82 Å². The fraction of sp³-hybridized carbons (Fsp3) is 0.138. The number of benzene rings is 3. The van der Waals surface area contributed by atoms with E-state index in [4.69, 9.17) is 20.8 Å². The molecule has 0 unspecified atom stereocenters. The highest BCUT2D eigenvalue weighted by molar-refractivity contribution is 6.32. The number of carbonyl (C=O) groups is 1. The summed E-state index contributed by atoms with van der Waals surface area (Å²) in [5.41, 5.74) is 3.09. The third-order valence-corrected chi connectivity index (χ3v) is 6.09. The van der Waals surface area contributed by atoms with Crippen molar-refractivity contribution in [2.45, 2.75) is 19.6 Å². The average Bonchev–Trinajstić information content (AvgIpc) is 3.40. The highest BCUT2D eigenvalue weighted by Crippen LogP contribution is 2.32. The van der Waals surface area contributed by atoms with Crippen molar-refractivity contribution in [1.82, 2.24) is 15.3 Å². The SMILES string of the molecule is O=CCCNCc1ccc(-c2ccc3ncnc(Nc4ccc(OCc5cccc(F)c5)c(Cl)c4)c3c2)o1. The first kappa shape index (κ1) is 25.4. The first-order valence-corrected chi connectivity index (χ1v) is 12.4. The second kappa shape index (κ2) is 11.9. The summed E-state index contributed by atoms with van der Waals surface area (Å²) >= 11 is 6.47. The maximum atomic E-state index is 13.4. The van der Waals surface area contributed by atoms with Crippen LogP contribution in [-0.4, -0.2) is 22.8 Å². The Morgan fingerprint density at radius 2 is 1.95 bits per heavy atom. The van der Waals surface area contributed by atoms with Gasteiger partial charge in [0.2, 0.25) is 0 Å². The number of nitrogens with zero attached hydrogens (tertiary/aromatic N) is 2. The quantitative estimate of drug-likeness (QED) is 0.145. The lowest BCUT2D eigenvalue weighted by Crippen LogP contribution is -2.14. The van der Waals surface area contributed by atoms with E-state index in [-0.39, 0.29) is 12.4 Å². The molecule has 2 heterocycles. The van der Waals surface area contributed by atoms with Gasteiger partial charge in [0.25, 0.3) is 0 Å². The predicted molar refractivity (Wildman–Crippen MR) is 145 cm³/mol. The van der Waals surface area contributed by atoms with Crippen molar-refractivity contribution in [3.63, 3.8) is 0 Å². The fourth-order valence-electron chi connectivity index (χ4n) is 3.93. The van der Waals surface area contributed by atoms with Crippen LogP contribution < -0.4 is 15.4 Å². The Balaban J connectivity index is 1.32. The molecular formula is C29H24ClFN4O3. The minimum atomic E-state index is -0.312. The Hall–Kier alpha value is -4.27. The van der Waals surface area contributed by atoms with E-state index in [1.54, 1.807) is 24.3 Å². The number of anilines is 2. The molecule has 2 aromatic heterocycles. The van der Waals surface area contributed by atoms with E-state index >= 15 is 0 Å². The fourth-order valence-corrected chi connectivity index (χ4v) is 4.17. The van der Waals surface area contributed by atoms with E-state index in [1.165, 1.54) is 18.5 Å². The van der Waals surface area contributed by atoms with Gasteiger partial charge in [-0.05, 0) is 66.2 Å². The van der Waals surface area contributed by atoms with Gasteiger partial charge in [0, 0.05) is 29.6 Å². The number of ether oxygens (including phenoxy) is 1. The molecule has 0 aliphatic carbocycles. The van der Waals surface area contributed by atoms with E-state index in [9.17, 15) is 9.18 Å². The lowest BCUT2D eigenvalue weighted by molar-refractivity contribution is -0.107. The number of hydrogen-bond donors (Lipinski definition) is 2. The molecule has 9 heteroatoms. The molecule has 0 saturated carbocycles. The number of fused-ring (bicyclic) bond motifs is 1. The van der Waals surface area contributed by atoms with Crippen molar-refractivity contribution in [2.24, 2.45) is 0 Å². The number of furan rings is 1. The zero-order valence-electron chi connectivity index (χ0n) is 20.3. The number of rotatable bonds is 11. The average molecular weight is 531 g/mol. The second-order valence-electron chi connectivity index (χ2n) is 8.54. The standard InChI is InChI=1S/C29H24ClFN4O3/c30-25-15-22(6-9-28(25)37-17-19-3-1-4-21(31)13-19)35-29-24-14-20(5-8-26(24)33-18-34-29)27-10-7-23(38-27)16-32-11-2-12-36/h1,3-10,12-15,18,32H,2,11,16-17H2,(H,33,34,35). The van der Waals surface area contributed by atoms with E-state index in [0.29, 0.717) is 41.7 Å². The van der Waals surface area contributed by atoms with Crippen LogP contribution in [0.5, 0.6) is 5.75 Å². The minimum absolute atomic E-state index is 0.201. The summed E-state index contributed by atoms with van der Waals surface area (Å²) < 4.78 is 25.2. The van der Waals surface area contributed by atoms with Crippen LogP contribution in [0.3, 0.4) is 0 Å². The molecule has 38 heavy (non-hydrogen) atoms. The summed E-state index contributed by atoms with van der Waals surface area (Å²) in [6, 6.07) is 21.2. The largest absolute Gasteiger partial charge is 0.487 e. The highest BCUT2D eigenvalue weighted by Gasteiger charge is 2.11. The van der Waals surface area contributed by atoms with Crippen LogP contribution in [-0.2, 0) is 17.9 Å². The summed E-state index contributed by atoms with van der Waals surface area (Å²) in [4.78, 5) is 19.3. The molecule has 0 bridgehead atoms. The van der Waals surface area contributed by atoms with Gasteiger partial charge in [-0.15, -0.1) is 0 Å². The molecule has 0 atom stereocenters. The van der Waals surface area contributed by atoms with Crippen LogP contribution in [0.25, 0.3) is 22.2 Å². The van der Waals surface area contributed by atoms with E-state index in [2.05, 4.69) is 20.6 Å². The van der Waals surface area contributed by atoms with Gasteiger partial charge in [-0.1, -0.05) is 23.7 Å². The Morgan fingerprint density at radius 1 is 1.03 bits per heavy atom. The smallest absolute Gasteiger partial charge is 0.141 e. The van der Waals surface area contributed by atoms with Crippen LogP contribution in [0.1, 0.15) is 17.7 Å². The van der Waals surface area contributed by atoms with Crippen molar-refractivity contribution in [2.75, 3.05) is 11.9 Å². The monoisotopic (exact) mass is 530 g/mol. The second-order valence-corrected chi connectivity index (χ2v) is 8.95. The van der Waals surface area contributed by atoms with E-state index in [1.807, 2.05) is 36.4 Å². The summed E-state index contributed by atoms with van der Waals surface area (Å²) in [6.45, 7) is 1.35. The van der Waals surface area contributed by atoms with Gasteiger partial charge in [-0.3, -0.25) is 0 Å². The molecule has 0 aliphatic heterocycles. The van der Waals surface area contributed by atoms with Crippen LogP contribution in [0.15, 0.2) is 83.5 Å². The number of hydrogen-bond acceptors (Lipinski definition) is 7. The normalized spacial score (nSPS) is 11.0. The molecule has 5 aromatic rings. The van der Waals surface area contributed by atoms with Crippen molar-refractivity contribution in [1.29, 1.82) is 0 Å². The van der Waals surface area contributed by atoms with Crippen LogP contribution in [0.2, 0.25) is 5.02 Å². The Kier molecular flexibility index (Phi) is 7.92. The zero-order chi connectivity index (χ0) is 26.3. The van der Waals surface area contributed by atoms with Crippen molar-refractivity contribution < 1.29 is 18.3 Å². The first-order valence-electron chi connectivity index (χ1n) is 12.0. The van der Waals surface area contributed by atoms with Crippen molar-refractivity contribution in [3.05, 3.63) is 101 Å². The third-order valence-electron chi connectivity index (χ3n) is 5.80. The maximum absolute atomic E-state index is 13.4. The summed E-state index contributed by atoms with van der Waals surface area (Å²) in [7, 11) is 0. The zero-order valence-corrected chi connectivity index (χ0v) is 21.0. The number of nitrogens with one attached hydrogen (secondary N) is 2. The molecule has 3 aromatic carbocycles. The van der Waals surface area contributed by atoms with Gasteiger partial charge in [0.05, 0.1) is 17.1 Å². The Bertz CT molecular complexity index is 1570. The molecule has 0 spiro atoms. The Morgan fingerprint density at radius 3 is 2.79 bits per heavy atom. The van der Waals surface area contributed by atoms with Crippen molar-refractivity contribution >= 4 is 40.3 Å². The lowest BCUT2D eigenvalue weighted by atomic mass is 10.1. The summed E-state index contributed by atoms with van der Waals surface area (Å²) in [5, 5.41) is 7.71.